The summed E-state index contributed by atoms with van der Waals surface area (Å²) in [5, 5.41) is 5.64. The minimum absolute atomic E-state index is 0.0238. The first-order valence-corrected chi connectivity index (χ1v) is 8.34. The van der Waals surface area contributed by atoms with Crippen molar-refractivity contribution >= 4 is 27.7 Å². The van der Waals surface area contributed by atoms with Crippen molar-refractivity contribution in [2.75, 3.05) is 6.54 Å². The van der Waals surface area contributed by atoms with Crippen molar-refractivity contribution in [3.63, 3.8) is 0 Å². The maximum atomic E-state index is 12.1. The molecule has 118 valence electrons. The van der Waals surface area contributed by atoms with E-state index in [4.69, 9.17) is 0 Å². The maximum absolute atomic E-state index is 12.1. The molecule has 0 saturated heterocycles. The van der Waals surface area contributed by atoms with Crippen LogP contribution in [0.1, 0.15) is 33.9 Å². The first-order chi connectivity index (χ1) is 11.1. The molecule has 0 fully saturated rings. The van der Waals surface area contributed by atoms with Gasteiger partial charge < -0.3 is 10.6 Å². The molecule has 2 N–H and O–H groups in total. The second-order valence-corrected chi connectivity index (χ2v) is 6.47. The lowest BCUT2D eigenvalue weighted by molar-refractivity contribution is -0.120. The Kier molecular flexibility index (Phi) is 4.76. The number of aryl methyl sites for hydroxylation is 1. The van der Waals surface area contributed by atoms with Crippen molar-refractivity contribution < 1.29 is 9.59 Å². The Balaban J connectivity index is 1.54. The molecule has 2 aromatic rings. The number of carbonyl (C=O) groups excluding carboxylic acids is 2. The summed E-state index contributed by atoms with van der Waals surface area (Å²) in [5.74, 6) is -0.427. The molecule has 4 nitrogen and oxygen atoms in total. The number of fused-ring (bicyclic) bond motifs is 1. The van der Waals surface area contributed by atoms with Gasteiger partial charge in [0.05, 0.1) is 12.6 Å². The highest BCUT2D eigenvalue weighted by molar-refractivity contribution is 9.10. The third-order valence-corrected chi connectivity index (χ3v) is 4.46. The zero-order valence-corrected chi connectivity index (χ0v) is 14.1. The molecule has 0 heterocycles. The normalized spacial score (nSPS) is 15.8. The molecule has 5 heteroatoms. The molecule has 3 rings (SSSR count). The molecule has 1 unspecified atom stereocenters. The van der Waals surface area contributed by atoms with Crippen LogP contribution in [0, 0.1) is 0 Å². The Hall–Kier alpha value is -2.14. The number of amides is 2. The van der Waals surface area contributed by atoms with Crippen molar-refractivity contribution in [2.24, 2.45) is 0 Å². The van der Waals surface area contributed by atoms with Crippen LogP contribution in [-0.2, 0) is 11.2 Å². The second kappa shape index (κ2) is 6.96. The number of rotatable bonds is 4. The SMILES string of the molecule is O=C(CNC(=O)c1cccc(Br)c1)NC1CCc2ccccc21. The van der Waals surface area contributed by atoms with E-state index in [2.05, 4.69) is 32.6 Å². The summed E-state index contributed by atoms with van der Waals surface area (Å²) in [4.78, 5) is 24.1. The van der Waals surface area contributed by atoms with E-state index in [1.165, 1.54) is 11.1 Å². The summed E-state index contributed by atoms with van der Waals surface area (Å²) in [6.45, 7) is -0.0238. The highest BCUT2D eigenvalue weighted by Crippen LogP contribution is 2.30. The number of hydrogen-bond donors (Lipinski definition) is 2. The summed E-state index contributed by atoms with van der Waals surface area (Å²) in [6, 6.07) is 15.3. The van der Waals surface area contributed by atoms with Crippen LogP contribution in [0.5, 0.6) is 0 Å². The van der Waals surface area contributed by atoms with Gasteiger partial charge in [0, 0.05) is 10.0 Å². The Labute approximate surface area is 143 Å². The lowest BCUT2D eigenvalue weighted by Gasteiger charge is -2.14. The van der Waals surface area contributed by atoms with Crippen LogP contribution in [0.2, 0.25) is 0 Å². The number of halogens is 1. The van der Waals surface area contributed by atoms with Gasteiger partial charge in [0.15, 0.2) is 0 Å². The van der Waals surface area contributed by atoms with Gasteiger partial charge in [-0.3, -0.25) is 9.59 Å². The van der Waals surface area contributed by atoms with Gasteiger partial charge in [0.2, 0.25) is 5.91 Å². The average Bonchev–Trinajstić information content (AvgIpc) is 2.96. The van der Waals surface area contributed by atoms with Crippen molar-refractivity contribution in [3.8, 4) is 0 Å². The van der Waals surface area contributed by atoms with Crippen LogP contribution in [0.25, 0.3) is 0 Å². The zero-order valence-electron chi connectivity index (χ0n) is 12.5. The van der Waals surface area contributed by atoms with E-state index in [9.17, 15) is 9.59 Å². The summed E-state index contributed by atoms with van der Waals surface area (Å²) >= 11 is 3.32. The van der Waals surface area contributed by atoms with E-state index in [0.717, 1.165) is 17.3 Å². The Morgan fingerprint density at radius 3 is 2.78 bits per heavy atom. The molecular formula is C18H17BrN2O2. The lowest BCUT2D eigenvalue weighted by atomic mass is 10.1. The highest BCUT2D eigenvalue weighted by atomic mass is 79.9. The lowest BCUT2D eigenvalue weighted by Crippen LogP contribution is -2.38. The smallest absolute Gasteiger partial charge is 0.251 e. The van der Waals surface area contributed by atoms with Gasteiger partial charge in [-0.2, -0.15) is 0 Å². The highest BCUT2D eigenvalue weighted by Gasteiger charge is 2.23. The summed E-state index contributed by atoms with van der Waals surface area (Å²) in [6.07, 6.45) is 1.89. The minimum atomic E-state index is -0.256. The topological polar surface area (TPSA) is 58.2 Å². The molecule has 0 saturated carbocycles. The van der Waals surface area contributed by atoms with E-state index in [1.807, 2.05) is 24.3 Å². The zero-order chi connectivity index (χ0) is 16.2. The molecule has 0 aromatic heterocycles. The predicted molar refractivity (Wildman–Crippen MR) is 92.1 cm³/mol. The number of benzene rings is 2. The Morgan fingerprint density at radius 2 is 1.96 bits per heavy atom. The Bertz CT molecular complexity index is 745. The van der Waals surface area contributed by atoms with Crippen LogP contribution in [0.15, 0.2) is 53.0 Å². The van der Waals surface area contributed by atoms with E-state index in [1.54, 1.807) is 18.2 Å². The molecule has 1 atom stereocenters. The van der Waals surface area contributed by atoms with E-state index in [-0.39, 0.29) is 24.4 Å². The molecule has 1 aliphatic rings. The van der Waals surface area contributed by atoms with Gasteiger partial charge in [-0.05, 0) is 42.2 Å². The van der Waals surface area contributed by atoms with Crippen LogP contribution in [0.4, 0.5) is 0 Å². The molecule has 23 heavy (non-hydrogen) atoms. The molecule has 0 aliphatic heterocycles. The summed E-state index contributed by atoms with van der Waals surface area (Å²) in [7, 11) is 0. The molecule has 2 aromatic carbocycles. The van der Waals surface area contributed by atoms with Gasteiger partial charge in [-0.15, -0.1) is 0 Å². The molecule has 0 radical (unpaired) electrons. The number of hydrogen-bond acceptors (Lipinski definition) is 2. The third kappa shape index (κ3) is 3.79. The molecule has 0 bridgehead atoms. The number of nitrogens with one attached hydrogen (secondary N) is 2. The first kappa shape index (κ1) is 15.7. The fraction of sp³-hybridized carbons (Fsp3) is 0.222. The second-order valence-electron chi connectivity index (χ2n) is 5.55. The maximum Gasteiger partial charge on any atom is 0.251 e. The Morgan fingerprint density at radius 1 is 1.13 bits per heavy atom. The molecular weight excluding hydrogens is 356 g/mol. The van der Waals surface area contributed by atoms with Gasteiger partial charge >= 0.3 is 0 Å². The molecule has 0 spiro atoms. The summed E-state index contributed by atoms with van der Waals surface area (Å²) in [5.41, 5.74) is 2.99. The van der Waals surface area contributed by atoms with E-state index >= 15 is 0 Å². The fourth-order valence-corrected chi connectivity index (χ4v) is 3.24. The van der Waals surface area contributed by atoms with Crippen LogP contribution in [0.3, 0.4) is 0 Å². The van der Waals surface area contributed by atoms with Crippen LogP contribution >= 0.6 is 15.9 Å². The van der Waals surface area contributed by atoms with Gasteiger partial charge in [0.1, 0.15) is 0 Å². The predicted octanol–water partition coefficient (Wildman–Crippen LogP) is 2.98. The minimum Gasteiger partial charge on any atom is -0.348 e. The standard InChI is InChI=1S/C18H17BrN2O2/c19-14-6-3-5-13(10-14)18(23)20-11-17(22)21-16-9-8-12-4-1-2-7-15(12)16/h1-7,10,16H,8-9,11H2,(H,20,23)(H,21,22). The van der Waals surface area contributed by atoms with Crippen molar-refractivity contribution in [1.29, 1.82) is 0 Å². The van der Waals surface area contributed by atoms with E-state index < -0.39 is 0 Å². The third-order valence-electron chi connectivity index (χ3n) is 3.96. The largest absolute Gasteiger partial charge is 0.348 e. The summed E-state index contributed by atoms with van der Waals surface area (Å²) < 4.78 is 0.831. The monoisotopic (exact) mass is 372 g/mol. The van der Waals surface area contributed by atoms with Crippen molar-refractivity contribution in [3.05, 3.63) is 69.7 Å². The van der Waals surface area contributed by atoms with Crippen molar-refractivity contribution in [2.45, 2.75) is 18.9 Å². The molecule has 2 amide bonds. The van der Waals surface area contributed by atoms with Gasteiger partial charge in [0.25, 0.3) is 5.91 Å². The first-order valence-electron chi connectivity index (χ1n) is 7.54. The van der Waals surface area contributed by atoms with Gasteiger partial charge in [-0.25, -0.2) is 0 Å². The number of carbonyl (C=O) groups is 2. The molecule has 1 aliphatic carbocycles. The fourth-order valence-electron chi connectivity index (χ4n) is 2.84. The van der Waals surface area contributed by atoms with Crippen LogP contribution in [-0.4, -0.2) is 18.4 Å². The van der Waals surface area contributed by atoms with Gasteiger partial charge in [-0.1, -0.05) is 46.3 Å². The average molecular weight is 373 g/mol. The van der Waals surface area contributed by atoms with Crippen LogP contribution < -0.4 is 10.6 Å². The quantitative estimate of drug-likeness (QED) is 0.866. The van der Waals surface area contributed by atoms with Crippen molar-refractivity contribution in [1.82, 2.24) is 10.6 Å². The van der Waals surface area contributed by atoms with E-state index in [0.29, 0.717) is 5.56 Å².